The first-order chi connectivity index (χ1) is 31.0. The van der Waals surface area contributed by atoms with Crippen LogP contribution in [0.2, 0.25) is 0 Å². The fourth-order valence-electron chi connectivity index (χ4n) is 10.5. The zero-order chi connectivity index (χ0) is 41.8. The van der Waals surface area contributed by atoms with Crippen LogP contribution in [0.1, 0.15) is 25.0 Å². The Bertz CT molecular complexity index is 3740. The highest BCUT2D eigenvalue weighted by Gasteiger charge is 2.35. The Balaban J connectivity index is 1.02. The van der Waals surface area contributed by atoms with E-state index in [2.05, 4.69) is 240 Å². The average molecular weight is 824 g/mol. The van der Waals surface area contributed by atoms with Crippen LogP contribution in [0, 0.1) is 0 Å². The van der Waals surface area contributed by atoms with Crippen molar-refractivity contribution in [3.63, 3.8) is 0 Å². The quantitative estimate of drug-likeness (QED) is 0.163. The molecule has 1 aliphatic rings. The predicted molar refractivity (Wildman–Crippen MR) is 268 cm³/mol. The standard InChI is InChI=1S/C59H41N3S/c1-59(2)51-19-11-9-17-46(51)47-30-29-45(36-52(47)59)61(42-23-21-39(22-24-42)38-13-5-3-6-14-38)43-25-27-44(28-26-43)62-54-37-53-40(33-34-60(53)41-15-7-4-8-16-41)35-50(54)48-31-32-56-57(58(48)62)49-18-10-12-20-55(49)63-56/h3-37H,1-2H3. The smallest absolute Gasteiger partial charge is 0.0634 e. The Morgan fingerprint density at radius 3 is 1.92 bits per heavy atom. The summed E-state index contributed by atoms with van der Waals surface area (Å²) in [6, 6.07) is 76.1. The van der Waals surface area contributed by atoms with E-state index in [9.17, 15) is 0 Å². The molecule has 0 fully saturated rings. The van der Waals surface area contributed by atoms with Crippen LogP contribution in [-0.2, 0) is 5.41 Å². The number of hydrogen-bond donors (Lipinski definition) is 0. The van der Waals surface area contributed by atoms with E-state index in [1.807, 2.05) is 11.3 Å². The maximum absolute atomic E-state index is 2.52. The monoisotopic (exact) mass is 823 g/mol. The van der Waals surface area contributed by atoms with E-state index in [0.29, 0.717) is 0 Å². The molecular formula is C59H41N3S. The van der Waals surface area contributed by atoms with Gasteiger partial charge in [0.25, 0.3) is 0 Å². The summed E-state index contributed by atoms with van der Waals surface area (Å²) in [4.78, 5) is 2.42. The van der Waals surface area contributed by atoms with Gasteiger partial charge in [-0.25, -0.2) is 0 Å². The Morgan fingerprint density at radius 1 is 0.444 bits per heavy atom. The molecule has 3 nitrogen and oxygen atoms in total. The minimum absolute atomic E-state index is 0.117. The van der Waals surface area contributed by atoms with Gasteiger partial charge in [0, 0.05) is 76.4 Å². The summed E-state index contributed by atoms with van der Waals surface area (Å²) in [7, 11) is 0. The van der Waals surface area contributed by atoms with E-state index >= 15 is 0 Å². The molecule has 298 valence electrons. The van der Waals surface area contributed by atoms with Crippen molar-refractivity contribution in [1.29, 1.82) is 0 Å². The van der Waals surface area contributed by atoms with Gasteiger partial charge >= 0.3 is 0 Å². The first kappa shape index (κ1) is 36.0. The summed E-state index contributed by atoms with van der Waals surface area (Å²) < 4.78 is 7.44. The molecule has 0 radical (unpaired) electrons. The van der Waals surface area contributed by atoms with Crippen LogP contribution in [0.15, 0.2) is 212 Å². The number of fused-ring (bicyclic) bond motifs is 11. The molecule has 12 aromatic rings. The summed E-state index contributed by atoms with van der Waals surface area (Å²) in [6.45, 7) is 4.72. The molecule has 13 rings (SSSR count). The second kappa shape index (κ2) is 13.7. The highest BCUT2D eigenvalue weighted by molar-refractivity contribution is 7.26. The van der Waals surface area contributed by atoms with Gasteiger partial charge in [-0.2, -0.15) is 0 Å². The highest BCUT2D eigenvalue weighted by atomic mass is 32.1. The van der Waals surface area contributed by atoms with Gasteiger partial charge in [0.1, 0.15) is 0 Å². The molecule has 0 spiro atoms. The van der Waals surface area contributed by atoms with Crippen LogP contribution in [0.5, 0.6) is 0 Å². The Hall–Kier alpha value is -7.66. The normalized spacial score (nSPS) is 13.0. The van der Waals surface area contributed by atoms with E-state index < -0.39 is 0 Å². The average Bonchev–Trinajstić information content (AvgIpc) is 4.08. The number of benzene rings is 9. The second-order valence-corrected chi connectivity index (χ2v) is 18.5. The lowest BCUT2D eigenvalue weighted by atomic mass is 9.82. The number of para-hydroxylation sites is 1. The number of hydrogen-bond acceptors (Lipinski definition) is 2. The van der Waals surface area contributed by atoms with Crippen molar-refractivity contribution in [2.24, 2.45) is 0 Å². The number of nitrogens with zero attached hydrogens (tertiary/aromatic N) is 3. The first-order valence-corrected chi connectivity index (χ1v) is 22.6. The molecule has 0 saturated heterocycles. The number of anilines is 3. The van der Waals surface area contributed by atoms with Crippen molar-refractivity contribution in [3.8, 4) is 33.6 Å². The molecule has 0 N–H and O–H groups in total. The largest absolute Gasteiger partial charge is 0.316 e. The van der Waals surface area contributed by atoms with Crippen molar-refractivity contribution in [1.82, 2.24) is 9.13 Å². The van der Waals surface area contributed by atoms with Crippen LogP contribution in [0.4, 0.5) is 17.1 Å². The van der Waals surface area contributed by atoms with Crippen molar-refractivity contribution in [2.75, 3.05) is 4.90 Å². The molecule has 3 aromatic heterocycles. The van der Waals surface area contributed by atoms with Crippen molar-refractivity contribution >= 4 is 81.3 Å². The molecule has 1 aliphatic carbocycles. The van der Waals surface area contributed by atoms with Gasteiger partial charge in [0.15, 0.2) is 0 Å². The topological polar surface area (TPSA) is 13.1 Å². The summed E-state index contributed by atoms with van der Waals surface area (Å²) in [5, 5.41) is 6.36. The van der Waals surface area contributed by atoms with Crippen LogP contribution in [0.25, 0.3) is 86.5 Å². The van der Waals surface area contributed by atoms with E-state index in [-0.39, 0.29) is 5.41 Å². The van der Waals surface area contributed by atoms with Gasteiger partial charge in [-0.05, 0) is 124 Å². The number of aromatic nitrogens is 2. The molecule has 0 amide bonds. The molecule has 0 aliphatic heterocycles. The van der Waals surface area contributed by atoms with Crippen LogP contribution in [0.3, 0.4) is 0 Å². The zero-order valence-corrected chi connectivity index (χ0v) is 35.8. The Morgan fingerprint density at radius 2 is 1.11 bits per heavy atom. The summed E-state index contributed by atoms with van der Waals surface area (Å²) in [5.41, 5.74) is 17.0. The van der Waals surface area contributed by atoms with Gasteiger partial charge in [-0.15, -0.1) is 11.3 Å². The predicted octanol–water partition coefficient (Wildman–Crippen LogP) is 16.5. The van der Waals surface area contributed by atoms with Gasteiger partial charge in [0.05, 0.1) is 16.6 Å². The summed E-state index contributed by atoms with van der Waals surface area (Å²) >= 11 is 1.88. The third kappa shape index (κ3) is 5.45. The lowest BCUT2D eigenvalue weighted by molar-refractivity contribution is 0.660. The van der Waals surface area contributed by atoms with E-state index in [1.54, 1.807) is 0 Å². The highest BCUT2D eigenvalue weighted by Crippen LogP contribution is 2.51. The summed E-state index contributed by atoms with van der Waals surface area (Å²) in [5.74, 6) is 0. The molecule has 4 heteroatoms. The van der Waals surface area contributed by atoms with Crippen LogP contribution < -0.4 is 4.90 Å². The molecule has 63 heavy (non-hydrogen) atoms. The molecule has 0 saturated carbocycles. The van der Waals surface area contributed by atoms with Gasteiger partial charge in [-0.3, -0.25) is 0 Å². The summed E-state index contributed by atoms with van der Waals surface area (Å²) in [6.07, 6.45) is 2.20. The second-order valence-electron chi connectivity index (χ2n) is 17.4. The Kier molecular flexibility index (Phi) is 7.82. The third-order valence-electron chi connectivity index (χ3n) is 13.5. The zero-order valence-electron chi connectivity index (χ0n) is 35.0. The lowest BCUT2D eigenvalue weighted by Gasteiger charge is -2.28. The minimum atomic E-state index is -0.117. The van der Waals surface area contributed by atoms with E-state index in [0.717, 1.165) is 28.4 Å². The Labute approximate surface area is 370 Å². The minimum Gasteiger partial charge on any atom is -0.316 e. The maximum Gasteiger partial charge on any atom is 0.0634 e. The van der Waals surface area contributed by atoms with Gasteiger partial charge in [0.2, 0.25) is 0 Å². The van der Waals surface area contributed by atoms with E-state index in [4.69, 9.17) is 0 Å². The molecule has 0 atom stereocenters. The fraction of sp³-hybridized carbons (Fsp3) is 0.0508. The van der Waals surface area contributed by atoms with Gasteiger partial charge in [-0.1, -0.05) is 129 Å². The molecule has 3 heterocycles. The molecule has 9 aromatic carbocycles. The SMILES string of the molecule is CC1(C)c2ccccc2-c2ccc(N(c3ccc(-c4ccccc4)cc3)c3ccc(-n4c5cc6c(ccn6-c6ccccc6)cc5c5ccc6sc7ccccc7c6c54)cc3)cc21. The number of rotatable bonds is 6. The van der Waals surface area contributed by atoms with Crippen molar-refractivity contribution < 1.29 is 0 Å². The first-order valence-electron chi connectivity index (χ1n) is 21.7. The van der Waals surface area contributed by atoms with Crippen molar-refractivity contribution in [2.45, 2.75) is 19.3 Å². The number of thiophene rings is 1. The van der Waals surface area contributed by atoms with E-state index in [1.165, 1.54) is 86.3 Å². The van der Waals surface area contributed by atoms with Crippen molar-refractivity contribution in [3.05, 3.63) is 224 Å². The molecule has 0 unspecified atom stereocenters. The molecule has 0 bridgehead atoms. The van der Waals surface area contributed by atoms with Crippen LogP contribution in [-0.4, -0.2) is 9.13 Å². The fourth-order valence-corrected chi connectivity index (χ4v) is 11.6. The molecular weight excluding hydrogens is 783 g/mol. The van der Waals surface area contributed by atoms with Crippen LogP contribution >= 0.6 is 11.3 Å². The van der Waals surface area contributed by atoms with Gasteiger partial charge < -0.3 is 14.0 Å². The lowest BCUT2D eigenvalue weighted by Crippen LogP contribution is -2.16. The third-order valence-corrected chi connectivity index (χ3v) is 14.7. The maximum atomic E-state index is 2.52.